The third kappa shape index (κ3) is 9.11. The second-order valence-corrected chi connectivity index (χ2v) is 29.0. The summed E-state index contributed by atoms with van der Waals surface area (Å²) in [4.78, 5) is 43.5. The zero-order valence-electron chi connectivity index (χ0n) is 38.9. The monoisotopic (exact) mass is 896 g/mol. The highest BCUT2D eigenvalue weighted by Crippen LogP contribution is 2.73. The lowest BCUT2D eigenvalue weighted by Crippen LogP contribution is -2.24. The molecule has 1 aromatic heterocycles. The number of carbonyl (C=O) groups excluding carboxylic acids is 2. The molecule has 6 aliphatic carbocycles. The van der Waals surface area contributed by atoms with Crippen molar-refractivity contribution in [2.75, 3.05) is 0 Å². The van der Waals surface area contributed by atoms with Crippen molar-refractivity contribution in [2.45, 2.75) is 216 Å². The number of benzene rings is 2. The van der Waals surface area contributed by atoms with E-state index >= 15 is 0 Å². The van der Waals surface area contributed by atoms with Crippen LogP contribution >= 0.6 is 14.1 Å². The van der Waals surface area contributed by atoms with Crippen LogP contribution in [0.2, 0.25) is 0 Å². The summed E-state index contributed by atoms with van der Waals surface area (Å²) >= 11 is 0. The van der Waals surface area contributed by atoms with Gasteiger partial charge in [-0.25, -0.2) is 9.59 Å². The predicted molar refractivity (Wildman–Crippen MR) is 264 cm³/mol. The minimum absolute atomic E-state index is 0.0204. The van der Waals surface area contributed by atoms with Crippen molar-refractivity contribution in [3.8, 4) is 0 Å². The summed E-state index contributed by atoms with van der Waals surface area (Å²) in [7, 11) is -3.84. The number of amides is 2. The van der Waals surface area contributed by atoms with E-state index in [1.807, 2.05) is 0 Å². The van der Waals surface area contributed by atoms with Gasteiger partial charge < -0.3 is 4.98 Å². The molecule has 9 nitrogen and oxygen atoms in total. The number of carbonyl (C=O) groups is 2. The molecule has 63 heavy (non-hydrogen) atoms. The average Bonchev–Trinajstić information content (AvgIpc) is 4.14. The third-order valence-corrected chi connectivity index (χ3v) is 27.8. The van der Waals surface area contributed by atoms with Crippen LogP contribution in [0.15, 0.2) is 56.2 Å². The Hall–Kier alpha value is -3.02. The fraction of sp³-hybridized carbons (Fsp3) is 0.692. The molecular weight excluding hydrogens is 821 g/mol. The number of H-pyrrole nitrogens is 1. The Labute approximate surface area is 377 Å². The molecule has 3 aromatic rings. The van der Waals surface area contributed by atoms with Crippen LogP contribution in [0.25, 0.3) is 21.8 Å². The number of fused-ring (bicyclic) bond motifs is 3. The third-order valence-electron chi connectivity index (χ3n) is 16.7. The van der Waals surface area contributed by atoms with Crippen LogP contribution in [0.4, 0.5) is 9.59 Å². The first-order valence-electron chi connectivity index (χ1n) is 25.5. The largest absolute Gasteiger partial charge is 0.458 e. The zero-order chi connectivity index (χ0) is 43.6. The molecule has 0 bridgehead atoms. The minimum atomic E-state index is -1.92. The lowest BCUT2D eigenvalue weighted by atomic mass is 9.96. The highest BCUT2D eigenvalue weighted by molar-refractivity contribution is 7.69. The van der Waals surface area contributed by atoms with Crippen molar-refractivity contribution in [3.05, 3.63) is 47.5 Å². The number of hydrogen-bond donors (Lipinski definition) is 1. The van der Waals surface area contributed by atoms with Gasteiger partial charge in [0.05, 0.1) is 11.4 Å². The van der Waals surface area contributed by atoms with Crippen molar-refractivity contribution in [1.82, 2.24) is 4.98 Å². The number of aromatic amines is 1. The van der Waals surface area contributed by atoms with E-state index in [-0.39, 0.29) is 11.8 Å². The summed E-state index contributed by atoms with van der Waals surface area (Å²) in [6.07, 6.45) is 28.9. The molecule has 6 saturated carbocycles. The van der Waals surface area contributed by atoms with Gasteiger partial charge in [0, 0.05) is 32.9 Å². The quantitative estimate of drug-likeness (QED) is 0.0843. The van der Waals surface area contributed by atoms with Gasteiger partial charge in [0.1, 0.15) is 0 Å². The molecular formula is C52H75N5O4P2. The van der Waals surface area contributed by atoms with Gasteiger partial charge >= 0.3 is 12.2 Å². The fourth-order valence-electron chi connectivity index (χ4n) is 13.9. The van der Waals surface area contributed by atoms with E-state index in [0.29, 0.717) is 34.0 Å². The van der Waals surface area contributed by atoms with E-state index in [1.54, 1.807) is 0 Å². The van der Waals surface area contributed by atoms with E-state index in [4.69, 9.17) is 19.2 Å². The van der Waals surface area contributed by atoms with Crippen LogP contribution in [-0.4, -0.2) is 62.5 Å². The molecule has 0 unspecified atom stereocenters. The van der Waals surface area contributed by atoms with Crippen LogP contribution in [0.3, 0.4) is 0 Å². The molecule has 0 spiro atoms. The molecule has 0 aliphatic heterocycles. The van der Waals surface area contributed by atoms with Crippen molar-refractivity contribution in [1.29, 1.82) is 0 Å². The molecule has 2 aromatic carbocycles. The summed E-state index contributed by atoms with van der Waals surface area (Å²) in [5, 5.41) is 11.4. The Morgan fingerprint density at radius 3 is 1.00 bits per heavy atom. The van der Waals surface area contributed by atoms with Gasteiger partial charge in [0.2, 0.25) is 0 Å². The summed E-state index contributed by atoms with van der Waals surface area (Å²) in [6, 6.07) is 12.7. The Morgan fingerprint density at radius 1 is 0.476 bits per heavy atom. The van der Waals surface area contributed by atoms with Crippen LogP contribution in [0, 0.1) is 11.8 Å². The minimum Gasteiger partial charge on any atom is -0.355 e. The van der Waals surface area contributed by atoms with E-state index < -0.39 is 26.3 Å². The van der Waals surface area contributed by atoms with Crippen LogP contribution < -0.4 is 0 Å². The van der Waals surface area contributed by atoms with E-state index in [0.717, 1.165) is 44.4 Å². The predicted octanol–water partition coefficient (Wildman–Crippen LogP) is 16.4. The first kappa shape index (κ1) is 45.1. The number of oxime groups is 2. The Morgan fingerprint density at radius 2 is 0.746 bits per heavy atom. The van der Waals surface area contributed by atoms with Gasteiger partial charge in [-0.1, -0.05) is 127 Å². The van der Waals surface area contributed by atoms with Crippen molar-refractivity contribution < 1.29 is 19.3 Å². The Balaban J connectivity index is 1.01. The summed E-state index contributed by atoms with van der Waals surface area (Å²) in [6.45, 7) is 8.42. The molecule has 342 valence electrons. The number of rotatable bonds is 12. The number of nitrogens with one attached hydrogen (secondary N) is 1. The van der Waals surface area contributed by atoms with E-state index in [1.165, 1.54) is 154 Å². The SMILES string of the molecule is CC(C)/C(=N\OC(=O)N=P(C1CCCC1)(C1CCCC1)C1CCCC1)c1ccc2[nH]c3ccc(/C(=N/OC(=O)N=P(C4CCCC4)(C4CCCC4)C4CCCC4)C(C)C)cc3c2c1. The van der Waals surface area contributed by atoms with Crippen LogP contribution in [-0.2, 0) is 9.68 Å². The average molecular weight is 896 g/mol. The van der Waals surface area contributed by atoms with E-state index in [2.05, 4.69) is 79.4 Å². The summed E-state index contributed by atoms with van der Waals surface area (Å²) in [5.41, 5.74) is 8.81. The first-order valence-corrected chi connectivity index (χ1v) is 29.4. The smallest absolute Gasteiger partial charge is 0.355 e. The molecule has 11 heteroatoms. The molecule has 1 heterocycles. The molecule has 1 N–H and O–H groups in total. The van der Waals surface area contributed by atoms with Gasteiger partial charge in [0.15, 0.2) is 0 Å². The lowest BCUT2D eigenvalue weighted by molar-refractivity contribution is 0.161. The normalized spacial score (nSPS) is 22.3. The lowest BCUT2D eigenvalue weighted by Gasteiger charge is -2.40. The molecule has 0 radical (unpaired) electrons. The molecule has 6 aliphatic rings. The molecule has 6 fully saturated rings. The first-order chi connectivity index (χ1) is 30.7. The topological polar surface area (TPSA) is 118 Å². The van der Waals surface area contributed by atoms with Crippen molar-refractivity contribution >= 4 is 59.5 Å². The van der Waals surface area contributed by atoms with Gasteiger partial charge in [-0.3, -0.25) is 9.68 Å². The maximum absolute atomic E-state index is 14.0. The molecule has 2 amide bonds. The van der Waals surface area contributed by atoms with E-state index in [9.17, 15) is 9.59 Å². The number of nitrogens with zero attached hydrogens (tertiary/aromatic N) is 4. The maximum Gasteiger partial charge on any atom is 0.458 e. The fourth-order valence-corrected chi connectivity index (χ4v) is 26.2. The Bertz CT molecular complexity index is 2040. The number of aromatic nitrogens is 1. The highest BCUT2D eigenvalue weighted by atomic mass is 31.2. The van der Waals surface area contributed by atoms with Gasteiger partial charge in [-0.2, -0.15) is 9.49 Å². The van der Waals surface area contributed by atoms with Crippen molar-refractivity contribution in [3.63, 3.8) is 0 Å². The molecule has 0 saturated heterocycles. The van der Waals surface area contributed by atoms with Gasteiger partial charge in [-0.05, 0) is 161 Å². The van der Waals surface area contributed by atoms with Gasteiger partial charge in [-0.15, -0.1) is 0 Å². The highest BCUT2D eigenvalue weighted by Gasteiger charge is 2.48. The Kier molecular flexibility index (Phi) is 14.2. The molecule has 9 rings (SSSR count). The molecule has 0 atom stereocenters. The van der Waals surface area contributed by atoms with Crippen LogP contribution in [0.1, 0.15) is 193 Å². The maximum atomic E-state index is 14.0. The second kappa shape index (κ2) is 19.8. The van der Waals surface area contributed by atoms with Crippen LogP contribution in [0.5, 0.6) is 0 Å². The standard InChI is InChI=1S/C52H75N5O4P2/c1-35(2)49(54-60-51(58)56-62(39-17-5-6-18-39,40-19-7-8-20-40)41-21-9-10-22-41)37-29-31-47-45(33-37)46-34-38(30-32-48(46)53-47)50(36(3)4)55-61-52(59)57-63(42-23-11-12-24-42,43-25-13-14-26-43)44-27-15-16-28-44/h29-36,39-44,53H,5-28H2,1-4H3/b54-49+,55-50+. The summed E-state index contributed by atoms with van der Waals surface area (Å²) in [5.74, 6) is 0.0408. The van der Waals surface area contributed by atoms with Crippen molar-refractivity contribution in [2.24, 2.45) is 31.6 Å². The zero-order valence-corrected chi connectivity index (χ0v) is 40.7. The van der Waals surface area contributed by atoms with Gasteiger partial charge in [0.25, 0.3) is 0 Å². The summed E-state index contributed by atoms with van der Waals surface area (Å²) < 4.78 is 10.6. The second-order valence-electron chi connectivity index (χ2n) is 21.0. The number of hydrogen-bond acceptors (Lipinski definition) is 6.